The zero-order valence-corrected chi connectivity index (χ0v) is 19.8. The molecule has 172 valence electrons. The van der Waals surface area contributed by atoms with Crippen LogP contribution in [0.25, 0.3) is 0 Å². The summed E-state index contributed by atoms with van der Waals surface area (Å²) < 4.78 is 5.36. The number of amides is 2. The van der Waals surface area contributed by atoms with Crippen molar-refractivity contribution in [2.24, 2.45) is 0 Å². The minimum absolute atomic E-state index is 0.0904. The van der Waals surface area contributed by atoms with E-state index in [-0.39, 0.29) is 18.2 Å². The molecule has 0 bridgehead atoms. The summed E-state index contributed by atoms with van der Waals surface area (Å²) in [5.41, 5.74) is 5.09. The van der Waals surface area contributed by atoms with Crippen LogP contribution in [0.1, 0.15) is 27.8 Å². The van der Waals surface area contributed by atoms with Gasteiger partial charge in [-0.2, -0.15) is 0 Å². The molecule has 1 N–H and O–H groups in total. The molecule has 33 heavy (non-hydrogen) atoms. The van der Waals surface area contributed by atoms with Gasteiger partial charge in [0.25, 0.3) is 0 Å². The Morgan fingerprint density at radius 2 is 1.55 bits per heavy atom. The number of carbonyl (C=O) groups excluding carboxylic acids is 2. The van der Waals surface area contributed by atoms with Crippen molar-refractivity contribution in [3.05, 3.63) is 101 Å². The van der Waals surface area contributed by atoms with Crippen LogP contribution in [0.5, 0.6) is 5.75 Å². The maximum atomic E-state index is 13.7. The van der Waals surface area contributed by atoms with Gasteiger partial charge in [0.1, 0.15) is 11.8 Å². The van der Waals surface area contributed by atoms with Gasteiger partial charge in [0.15, 0.2) is 0 Å². The molecule has 0 spiro atoms. The highest BCUT2D eigenvalue weighted by Gasteiger charge is 2.30. The quantitative estimate of drug-likeness (QED) is 0.537. The van der Waals surface area contributed by atoms with Gasteiger partial charge in [-0.15, -0.1) is 0 Å². The summed E-state index contributed by atoms with van der Waals surface area (Å²) in [6.45, 7) is 4.36. The summed E-state index contributed by atoms with van der Waals surface area (Å²) in [6.07, 6.45) is 0.665. The summed E-state index contributed by atoms with van der Waals surface area (Å²) in [7, 11) is 3.23. The van der Waals surface area contributed by atoms with E-state index >= 15 is 0 Å². The third kappa shape index (κ3) is 6.69. The first-order valence-corrected chi connectivity index (χ1v) is 11.1. The molecule has 0 heterocycles. The molecular formula is C28H32N2O3. The Morgan fingerprint density at radius 1 is 0.879 bits per heavy atom. The third-order valence-corrected chi connectivity index (χ3v) is 5.64. The molecule has 5 nitrogen and oxygen atoms in total. The van der Waals surface area contributed by atoms with Crippen molar-refractivity contribution in [3.8, 4) is 5.75 Å². The SMILES string of the molecule is CNC(=O)C(Cc1ccccc1)N(Cc1cccc(OC)c1)C(=O)Cc1cc(C)cc(C)c1. The van der Waals surface area contributed by atoms with Crippen molar-refractivity contribution in [2.75, 3.05) is 14.2 Å². The predicted octanol–water partition coefficient (Wildman–Crippen LogP) is 4.24. The molecule has 0 aromatic heterocycles. The van der Waals surface area contributed by atoms with E-state index < -0.39 is 6.04 Å². The number of ether oxygens (including phenoxy) is 1. The van der Waals surface area contributed by atoms with Crippen molar-refractivity contribution < 1.29 is 14.3 Å². The summed E-state index contributed by atoms with van der Waals surface area (Å²) >= 11 is 0. The van der Waals surface area contributed by atoms with Crippen molar-refractivity contribution >= 4 is 11.8 Å². The Bertz CT molecular complexity index is 1080. The lowest BCUT2D eigenvalue weighted by Gasteiger charge is -2.31. The number of methoxy groups -OCH3 is 1. The van der Waals surface area contributed by atoms with Gasteiger partial charge in [-0.25, -0.2) is 0 Å². The van der Waals surface area contributed by atoms with Crippen LogP contribution in [0.15, 0.2) is 72.8 Å². The maximum absolute atomic E-state index is 13.7. The molecule has 0 aliphatic heterocycles. The number of hydrogen-bond donors (Lipinski definition) is 1. The van der Waals surface area contributed by atoms with Crippen LogP contribution in [0, 0.1) is 13.8 Å². The van der Waals surface area contributed by atoms with Crippen LogP contribution in [0.2, 0.25) is 0 Å². The van der Waals surface area contributed by atoms with Crippen LogP contribution < -0.4 is 10.1 Å². The van der Waals surface area contributed by atoms with Gasteiger partial charge < -0.3 is 15.0 Å². The fourth-order valence-corrected chi connectivity index (χ4v) is 4.14. The lowest BCUT2D eigenvalue weighted by atomic mass is 10.0. The standard InChI is InChI=1S/C28H32N2O3/c1-20-13-21(2)15-24(14-20)18-27(31)30(19-23-11-8-12-25(16-23)33-4)26(28(32)29-3)17-22-9-6-5-7-10-22/h5-16,26H,17-19H2,1-4H3,(H,29,32). The Balaban J connectivity index is 1.97. The summed E-state index contributed by atoms with van der Waals surface area (Å²) in [5.74, 6) is 0.441. The molecule has 1 unspecified atom stereocenters. The Kier molecular flexibility index (Phi) is 8.25. The van der Waals surface area contributed by atoms with Crippen molar-refractivity contribution in [2.45, 2.75) is 39.3 Å². The number of carbonyl (C=O) groups is 2. The number of nitrogens with one attached hydrogen (secondary N) is 1. The van der Waals surface area contributed by atoms with E-state index in [1.54, 1.807) is 19.1 Å². The minimum Gasteiger partial charge on any atom is -0.497 e. The monoisotopic (exact) mass is 444 g/mol. The van der Waals surface area contributed by atoms with Gasteiger partial charge in [-0.05, 0) is 42.7 Å². The number of rotatable bonds is 9. The van der Waals surface area contributed by atoms with Crippen LogP contribution in [0.3, 0.4) is 0 Å². The highest BCUT2D eigenvalue weighted by Crippen LogP contribution is 2.20. The van der Waals surface area contributed by atoms with E-state index in [0.717, 1.165) is 27.8 Å². The lowest BCUT2D eigenvalue weighted by Crippen LogP contribution is -2.50. The zero-order valence-electron chi connectivity index (χ0n) is 19.8. The van der Waals surface area contributed by atoms with E-state index in [1.807, 2.05) is 80.6 Å². The van der Waals surface area contributed by atoms with Crippen molar-refractivity contribution in [1.82, 2.24) is 10.2 Å². The second kappa shape index (κ2) is 11.3. The molecule has 0 fully saturated rings. The predicted molar refractivity (Wildman–Crippen MR) is 131 cm³/mol. The molecule has 3 rings (SSSR count). The molecule has 5 heteroatoms. The van der Waals surface area contributed by atoms with Crippen LogP contribution in [-0.4, -0.2) is 36.9 Å². The summed E-state index contributed by atoms with van der Waals surface area (Å²) in [6, 6.07) is 22.9. The average Bonchev–Trinajstić information content (AvgIpc) is 2.81. The van der Waals surface area contributed by atoms with Crippen molar-refractivity contribution in [3.63, 3.8) is 0 Å². The molecule has 0 radical (unpaired) electrons. The topological polar surface area (TPSA) is 58.6 Å². The van der Waals surface area contributed by atoms with E-state index in [0.29, 0.717) is 18.7 Å². The van der Waals surface area contributed by atoms with E-state index in [1.165, 1.54) is 0 Å². The number of benzene rings is 3. The van der Waals surface area contributed by atoms with Gasteiger partial charge in [-0.3, -0.25) is 9.59 Å². The molecule has 2 amide bonds. The smallest absolute Gasteiger partial charge is 0.242 e. The molecule has 1 atom stereocenters. The second-order valence-corrected chi connectivity index (χ2v) is 8.37. The summed E-state index contributed by atoms with van der Waals surface area (Å²) in [4.78, 5) is 28.4. The van der Waals surface area contributed by atoms with Gasteiger partial charge in [0.05, 0.1) is 13.5 Å². The minimum atomic E-state index is -0.637. The van der Waals surface area contributed by atoms with Crippen molar-refractivity contribution in [1.29, 1.82) is 0 Å². The number of nitrogens with zero attached hydrogens (tertiary/aromatic N) is 1. The Labute approximate surface area is 196 Å². The Hall–Kier alpha value is -3.60. The normalized spacial score (nSPS) is 11.5. The molecule has 0 saturated heterocycles. The molecule has 3 aromatic carbocycles. The highest BCUT2D eigenvalue weighted by atomic mass is 16.5. The van der Waals surface area contributed by atoms with Gasteiger partial charge in [-0.1, -0.05) is 71.8 Å². The number of likely N-dealkylation sites (N-methyl/N-ethyl adjacent to an activating group) is 1. The number of hydrogen-bond acceptors (Lipinski definition) is 3. The van der Waals surface area contributed by atoms with Crippen LogP contribution >= 0.6 is 0 Å². The Morgan fingerprint density at radius 3 is 2.18 bits per heavy atom. The lowest BCUT2D eigenvalue weighted by molar-refractivity contribution is -0.140. The molecule has 0 aliphatic rings. The fourth-order valence-electron chi connectivity index (χ4n) is 4.14. The van der Waals surface area contributed by atoms with Crippen LogP contribution in [-0.2, 0) is 29.0 Å². The van der Waals surface area contributed by atoms with E-state index in [2.05, 4.69) is 11.4 Å². The second-order valence-electron chi connectivity index (χ2n) is 8.37. The zero-order chi connectivity index (χ0) is 23.8. The first-order valence-electron chi connectivity index (χ1n) is 11.1. The van der Waals surface area contributed by atoms with Gasteiger partial charge in [0, 0.05) is 20.0 Å². The van der Waals surface area contributed by atoms with Gasteiger partial charge >= 0.3 is 0 Å². The first-order chi connectivity index (χ1) is 15.9. The fraction of sp³-hybridized carbons (Fsp3) is 0.286. The summed E-state index contributed by atoms with van der Waals surface area (Å²) in [5, 5.41) is 2.75. The average molecular weight is 445 g/mol. The molecule has 3 aromatic rings. The molecule has 0 saturated carbocycles. The maximum Gasteiger partial charge on any atom is 0.242 e. The third-order valence-electron chi connectivity index (χ3n) is 5.64. The van der Waals surface area contributed by atoms with E-state index in [4.69, 9.17) is 4.74 Å². The molecular weight excluding hydrogens is 412 g/mol. The number of aryl methyl sites for hydroxylation is 2. The highest BCUT2D eigenvalue weighted by molar-refractivity contribution is 5.88. The first kappa shape index (κ1) is 24.1. The van der Waals surface area contributed by atoms with Crippen LogP contribution in [0.4, 0.5) is 0 Å². The van der Waals surface area contributed by atoms with E-state index in [9.17, 15) is 9.59 Å². The molecule has 0 aliphatic carbocycles. The van der Waals surface area contributed by atoms with Gasteiger partial charge in [0.2, 0.25) is 11.8 Å². The largest absolute Gasteiger partial charge is 0.497 e.